The van der Waals surface area contributed by atoms with Crippen molar-refractivity contribution >= 4 is 46.6 Å². The molecule has 0 aromatic heterocycles. The topological polar surface area (TPSA) is 20.3 Å². The van der Waals surface area contributed by atoms with E-state index in [9.17, 15) is 9.18 Å². The molecule has 1 aliphatic heterocycles. The van der Waals surface area contributed by atoms with Gasteiger partial charge in [-0.05, 0) is 36.4 Å². The van der Waals surface area contributed by atoms with Crippen LogP contribution in [0.3, 0.4) is 0 Å². The Bertz CT molecular complexity index is 723. The van der Waals surface area contributed by atoms with Crippen molar-refractivity contribution in [2.45, 2.75) is 4.90 Å². The lowest BCUT2D eigenvalue weighted by Crippen LogP contribution is -2.35. The van der Waals surface area contributed by atoms with E-state index in [-0.39, 0.29) is 16.5 Å². The van der Waals surface area contributed by atoms with Crippen LogP contribution in [0, 0.1) is 5.82 Å². The molecule has 0 spiro atoms. The summed E-state index contributed by atoms with van der Waals surface area (Å²) in [5, 5.41) is 0.682. The lowest BCUT2D eigenvalue weighted by Gasteiger charge is -2.29. The third-order valence-corrected chi connectivity index (χ3v) is 4.78. The second kappa shape index (κ2) is 5.87. The van der Waals surface area contributed by atoms with E-state index in [1.54, 1.807) is 28.8 Å². The largest absolute Gasteiger partial charge is 0.306 e. The number of amides is 1. The second-order valence-electron chi connectivity index (χ2n) is 4.54. The summed E-state index contributed by atoms with van der Waals surface area (Å²) in [6.07, 6.45) is 0. The second-order valence-corrected chi connectivity index (χ2v) is 6.52. The number of rotatable bonds is 1. The van der Waals surface area contributed by atoms with Gasteiger partial charge in [0, 0.05) is 22.2 Å². The lowest BCUT2D eigenvalue weighted by molar-refractivity contribution is 0.0988. The van der Waals surface area contributed by atoms with E-state index < -0.39 is 5.82 Å². The predicted octanol–water partition coefficient (Wildman–Crippen LogP) is 4.89. The number of benzene rings is 2. The van der Waals surface area contributed by atoms with Gasteiger partial charge in [-0.25, -0.2) is 4.39 Å². The predicted molar refractivity (Wildman–Crippen MR) is 85.3 cm³/mol. The zero-order valence-electron chi connectivity index (χ0n) is 10.8. The van der Waals surface area contributed by atoms with Gasteiger partial charge in [0.2, 0.25) is 0 Å². The standard InChI is InChI=1S/C15H10Cl2FNOS/c16-9-1-4-14-13(7-9)19(5-6-21-14)15(20)11-3-2-10(18)8-12(11)17/h1-4,7-8H,5-6H2. The van der Waals surface area contributed by atoms with Gasteiger partial charge >= 0.3 is 0 Å². The van der Waals surface area contributed by atoms with Crippen LogP contribution in [0.5, 0.6) is 0 Å². The molecule has 0 aliphatic carbocycles. The van der Waals surface area contributed by atoms with Crippen molar-refractivity contribution < 1.29 is 9.18 Å². The monoisotopic (exact) mass is 341 g/mol. The number of nitrogens with zero attached hydrogens (tertiary/aromatic N) is 1. The number of thioether (sulfide) groups is 1. The van der Waals surface area contributed by atoms with E-state index in [0.29, 0.717) is 11.6 Å². The third kappa shape index (κ3) is 2.89. The molecule has 1 amide bonds. The zero-order chi connectivity index (χ0) is 15.0. The first-order valence-electron chi connectivity index (χ1n) is 6.25. The van der Waals surface area contributed by atoms with Gasteiger partial charge in [0.1, 0.15) is 5.82 Å². The van der Waals surface area contributed by atoms with E-state index in [1.165, 1.54) is 12.1 Å². The SMILES string of the molecule is O=C(c1ccc(F)cc1Cl)N1CCSc2ccc(Cl)cc21. The molecule has 0 N–H and O–H groups in total. The Kier molecular flexibility index (Phi) is 4.11. The summed E-state index contributed by atoms with van der Waals surface area (Å²) >= 11 is 13.7. The van der Waals surface area contributed by atoms with Crippen LogP contribution < -0.4 is 4.90 Å². The molecule has 6 heteroatoms. The fraction of sp³-hybridized carbons (Fsp3) is 0.133. The van der Waals surface area contributed by atoms with Gasteiger partial charge < -0.3 is 4.90 Å². The molecular weight excluding hydrogens is 332 g/mol. The van der Waals surface area contributed by atoms with Crippen molar-refractivity contribution in [2.24, 2.45) is 0 Å². The maximum atomic E-state index is 13.1. The third-order valence-electron chi connectivity index (χ3n) is 3.19. The van der Waals surface area contributed by atoms with Crippen LogP contribution in [-0.2, 0) is 0 Å². The van der Waals surface area contributed by atoms with Crippen LogP contribution in [0.25, 0.3) is 0 Å². The maximum absolute atomic E-state index is 13.1. The summed E-state index contributed by atoms with van der Waals surface area (Å²) < 4.78 is 13.1. The molecule has 0 atom stereocenters. The minimum atomic E-state index is -0.464. The van der Waals surface area contributed by atoms with Gasteiger partial charge in [-0.15, -0.1) is 11.8 Å². The highest BCUT2D eigenvalue weighted by atomic mass is 35.5. The average molecular weight is 342 g/mol. The number of anilines is 1. The normalized spacial score (nSPS) is 14.0. The molecule has 2 aromatic carbocycles. The van der Waals surface area contributed by atoms with Crippen LogP contribution >= 0.6 is 35.0 Å². The van der Waals surface area contributed by atoms with Gasteiger partial charge in [-0.3, -0.25) is 4.79 Å². The minimum absolute atomic E-state index is 0.113. The van der Waals surface area contributed by atoms with Crippen LogP contribution in [0.1, 0.15) is 10.4 Å². The quantitative estimate of drug-likeness (QED) is 0.736. The fourth-order valence-corrected chi connectivity index (χ4v) is 3.60. The van der Waals surface area contributed by atoms with Gasteiger partial charge in [0.15, 0.2) is 0 Å². The summed E-state index contributed by atoms with van der Waals surface area (Å²) in [5.74, 6) is 0.0807. The Morgan fingerprint density at radius 1 is 1.19 bits per heavy atom. The highest BCUT2D eigenvalue weighted by Crippen LogP contribution is 2.37. The number of hydrogen-bond acceptors (Lipinski definition) is 2. The highest BCUT2D eigenvalue weighted by Gasteiger charge is 2.25. The van der Waals surface area contributed by atoms with Crippen LogP contribution in [-0.4, -0.2) is 18.2 Å². The smallest absolute Gasteiger partial charge is 0.259 e. The Hall–Kier alpha value is -1.23. The average Bonchev–Trinajstić information content (AvgIpc) is 2.46. The summed E-state index contributed by atoms with van der Waals surface area (Å²) in [5.41, 5.74) is 1.06. The molecule has 21 heavy (non-hydrogen) atoms. The van der Waals surface area contributed by atoms with Crippen molar-refractivity contribution in [3.63, 3.8) is 0 Å². The molecule has 1 aliphatic rings. The minimum Gasteiger partial charge on any atom is -0.306 e. The summed E-state index contributed by atoms with van der Waals surface area (Å²) in [4.78, 5) is 15.3. The molecule has 108 valence electrons. The van der Waals surface area contributed by atoms with E-state index in [4.69, 9.17) is 23.2 Å². The lowest BCUT2D eigenvalue weighted by atomic mass is 10.1. The van der Waals surface area contributed by atoms with Crippen molar-refractivity contribution in [1.82, 2.24) is 0 Å². The summed E-state index contributed by atoms with van der Waals surface area (Å²) in [6, 6.07) is 9.24. The van der Waals surface area contributed by atoms with Gasteiger partial charge in [0.25, 0.3) is 5.91 Å². The van der Waals surface area contributed by atoms with E-state index in [2.05, 4.69) is 0 Å². The first-order chi connectivity index (χ1) is 10.1. The molecule has 1 heterocycles. The Balaban J connectivity index is 2.02. The van der Waals surface area contributed by atoms with E-state index >= 15 is 0 Å². The number of halogens is 3. The highest BCUT2D eigenvalue weighted by molar-refractivity contribution is 7.99. The van der Waals surface area contributed by atoms with Crippen LogP contribution in [0.4, 0.5) is 10.1 Å². The van der Waals surface area contributed by atoms with Gasteiger partial charge in [-0.2, -0.15) is 0 Å². The Labute approximate surface area is 135 Å². The van der Waals surface area contributed by atoms with Crippen molar-refractivity contribution in [2.75, 3.05) is 17.2 Å². The van der Waals surface area contributed by atoms with Gasteiger partial charge in [0.05, 0.1) is 16.3 Å². The Morgan fingerprint density at radius 3 is 2.76 bits per heavy atom. The first kappa shape index (κ1) is 14.7. The molecule has 0 saturated heterocycles. The molecule has 0 bridgehead atoms. The molecule has 0 saturated carbocycles. The van der Waals surface area contributed by atoms with E-state index in [1.807, 2.05) is 6.07 Å². The molecule has 2 aromatic rings. The maximum Gasteiger partial charge on any atom is 0.259 e. The van der Waals surface area contributed by atoms with Crippen molar-refractivity contribution in [1.29, 1.82) is 0 Å². The molecule has 0 unspecified atom stereocenters. The number of carbonyl (C=O) groups is 1. The zero-order valence-corrected chi connectivity index (χ0v) is 13.1. The summed E-state index contributed by atoms with van der Waals surface area (Å²) in [6.45, 7) is 0.560. The number of fused-ring (bicyclic) bond motifs is 1. The van der Waals surface area contributed by atoms with Crippen LogP contribution in [0.15, 0.2) is 41.3 Å². The summed E-state index contributed by atoms with van der Waals surface area (Å²) in [7, 11) is 0. The molecular formula is C15H10Cl2FNOS. The van der Waals surface area contributed by atoms with E-state index in [0.717, 1.165) is 22.4 Å². The molecule has 0 fully saturated rings. The first-order valence-corrected chi connectivity index (χ1v) is 7.99. The molecule has 0 radical (unpaired) electrons. The van der Waals surface area contributed by atoms with Crippen LogP contribution in [0.2, 0.25) is 10.0 Å². The van der Waals surface area contributed by atoms with Crippen molar-refractivity contribution in [3.8, 4) is 0 Å². The number of hydrogen-bond donors (Lipinski definition) is 0. The van der Waals surface area contributed by atoms with Crippen molar-refractivity contribution in [3.05, 3.63) is 57.8 Å². The molecule has 3 rings (SSSR count). The number of carbonyl (C=O) groups excluding carboxylic acids is 1. The molecule has 2 nitrogen and oxygen atoms in total. The Morgan fingerprint density at radius 2 is 2.00 bits per heavy atom. The van der Waals surface area contributed by atoms with Gasteiger partial charge in [-0.1, -0.05) is 23.2 Å². The fourth-order valence-electron chi connectivity index (χ4n) is 2.21.